The third kappa shape index (κ3) is 3.69. The molecule has 0 spiro atoms. The van der Waals surface area contributed by atoms with Crippen LogP contribution in [0.1, 0.15) is 25.3 Å². The number of amides is 1. The summed E-state index contributed by atoms with van der Waals surface area (Å²) in [5, 5.41) is 7.03. The summed E-state index contributed by atoms with van der Waals surface area (Å²) in [6.45, 7) is 4.10. The van der Waals surface area contributed by atoms with Gasteiger partial charge in [0, 0.05) is 24.6 Å². The average Bonchev–Trinajstić information content (AvgIpc) is 3.00. The van der Waals surface area contributed by atoms with E-state index in [9.17, 15) is 9.18 Å². The smallest absolute Gasteiger partial charge is 0.264 e. The second-order valence-electron chi connectivity index (χ2n) is 6.49. The predicted octanol–water partition coefficient (Wildman–Crippen LogP) is 1.78. The molecule has 6 heteroatoms. The Morgan fingerprint density at radius 2 is 2.30 bits per heavy atom. The Balaban J connectivity index is 1.56. The number of hydrogen-bond acceptors (Lipinski definition) is 4. The van der Waals surface area contributed by atoms with Crippen molar-refractivity contribution in [2.24, 2.45) is 11.1 Å². The zero-order chi connectivity index (χ0) is 16.4. The van der Waals surface area contributed by atoms with Gasteiger partial charge in [-0.2, -0.15) is 0 Å². The van der Waals surface area contributed by atoms with Gasteiger partial charge < -0.3 is 15.1 Å². The Hall–Kier alpha value is -1.95. The molecule has 1 fully saturated rings. The molecule has 124 valence electrons. The normalized spacial score (nSPS) is 28.1. The van der Waals surface area contributed by atoms with E-state index in [1.54, 1.807) is 12.1 Å². The number of halogens is 1. The molecule has 23 heavy (non-hydrogen) atoms. The third-order valence-electron chi connectivity index (χ3n) is 4.56. The molecule has 0 radical (unpaired) electrons. The van der Waals surface area contributed by atoms with E-state index in [1.165, 1.54) is 12.1 Å². The molecule has 5 nitrogen and oxygen atoms in total. The number of rotatable bonds is 3. The van der Waals surface area contributed by atoms with Gasteiger partial charge in [0.05, 0.1) is 5.71 Å². The van der Waals surface area contributed by atoms with Gasteiger partial charge in [0.1, 0.15) is 5.82 Å². The molecule has 0 bridgehead atoms. The molecule has 3 atom stereocenters. The van der Waals surface area contributed by atoms with Gasteiger partial charge in [-0.1, -0.05) is 24.2 Å². The lowest BCUT2D eigenvalue weighted by Crippen LogP contribution is -2.51. The molecule has 0 aliphatic carbocycles. The minimum absolute atomic E-state index is 0.137. The summed E-state index contributed by atoms with van der Waals surface area (Å²) in [6.07, 6.45) is 0.685. The van der Waals surface area contributed by atoms with Gasteiger partial charge in [0.25, 0.3) is 5.91 Å². The first-order chi connectivity index (χ1) is 11.0. The monoisotopic (exact) mass is 319 g/mol. The number of carbonyl (C=O) groups is 1. The van der Waals surface area contributed by atoms with Crippen LogP contribution in [-0.2, 0) is 9.63 Å². The van der Waals surface area contributed by atoms with Crippen molar-refractivity contribution in [3.63, 3.8) is 0 Å². The number of likely N-dealkylation sites (tertiary alicyclic amines) is 1. The fourth-order valence-electron chi connectivity index (χ4n) is 3.20. The maximum absolute atomic E-state index is 13.3. The lowest BCUT2D eigenvalue weighted by atomic mass is 9.94. The number of piperidine rings is 1. The average molecular weight is 319 g/mol. The SMILES string of the molecule is C[C@@H]1CN(C)CC[C@@H]1NC(=O)[C@H]1CC(c2cccc(F)c2)=NO1. The predicted molar refractivity (Wildman–Crippen MR) is 85.6 cm³/mol. The summed E-state index contributed by atoms with van der Waals surface area (Å²) in [4.78, 5) is 19.9. The first-order valence-corrected chi connectivity index (χ1v) is 8.00. The maximum atomic E-state index is 13.3. The molecule has 1 aromatic rings. The van der Waals surface area contributed by atoms with Crippen LogP contribution in [0.2, 0.25) is 0 Å². The number of nitrogens with one attached hydrogen (secondary N) is 1. The quantitative estimate of drug-likeness (QED) is 0.924. The first-order valence-electron chi connectivity index (χ1n) is 8.00. The van der Waals surface area contributed by atoms with Crippen LogP contribution in [0, 0.1) is 11.7 Å². The van der Waals surface area contributed by atoms with Crippen LogP contribution in [0.25, 0.3) is 0 Å². The summed E-state index contributed by atoms with van der Waals surface area (Å²) in [7, 11) is 2.09. The van der Waals surface area contributed by atoms with Crippen LogP contribution < -0.4 is 5.32 Å². The minimum Gasteiger partial charge on any atom is -0.382 e. The number of nitrogens with zero attached hydrogens (tertiary/aromatic N) is 2. The van der Waals surface area contributed by atoms with Crippen LogP contribution in [0.15, 0.2) is 29.4 Å². The maximum Gasteiger partial charge on any atom is 0.264 e. The molecule has 2 aliphatic heterocycles. The van der Waals surface area contributed by atoms with E-state index >= 15 is 0 Å². The summed E-state index contributed by atoms with van der Waals surface area (Å²) >= 11 is 0. The standard InChI is InChI=1S/C17H22FN3O2/c1-11-10-21(2)7-6-14(11)19-17(22)16-9-15(20-23-16)12-4-3-5-13(18)8-12/h3-5,8,11,14,16H,6-7,9-10H2,1-2H3,(H,19,22)/t11-,14+,16-/m1/s1. The lowest BCUT2D eigenvalue weighted by molar-refractivity contribution is -0.132. The summed E-state index contributed by atoms with van der Waals surface area (Å²) in [6, 6.07) is 6.35. The molecule has 0 saturated carbocycles. The zero-order valence-electron chi connectivity index (χ0n) is 13.5. The molecule has 2 heterocycles. The van der Waals surface area contributed by atoms with Crippen LogP contribution >= 0.6 is 0 Å². The van der Waals surface area contributed by atoms with Gasteiger partial charge in [0.2, 0.25) is 6.10 Å². The third-order valence-corrected chi connectivity index (χ3v) is 4.56. The van der Waals surface area contributed by atoms with Crippen molar-refractivity contribution in [1.29, 1.82) is 0 Å². The van der Waals surface area contributed by atoms with Gasteiger partial charge in [-0.05, 0) is 38.1 Å². The lowest BCUT2D eigenvalue weighted by Gasteiger charge is -2.35. The molecule has 2 aliphatic rings. The van der Waals surface area contributed by atoms with E-state index < -0.39 is 6.10 Å². The van der Waals surface area contributed by atoms with Crippen molar-refractivity contribution < 1.29 is 14.0 Å². The number of carbonyl (C=O) groups excluding carboxylic acids is 1. The number of oxime groups is 1. The molecule has 1 aromatic carbocycles. The molecule has 1 saturated heterocycles. The molecule has 3 rings (SSSR count). The fourth-order valence-corrected chi connectivity index (χ4v) is 3.20. The van der Waals surface area contributed by atoms with Crippen molar-refractivity contribution in [1.82, 2.24) is 10.2 Å². The van der Waals surface area contributed by atoms with Crippen LogP contribution in [0.4, 0.5) is 4.39 Å². The highest BCUT2D eigenvalue weighted by Gasteiger charge is 2.32. The summed E-state index contributed by atoms with van der Waals surface area (Å²) < 4.78 is 13.3. The van der Waals surface area contributed by atoms with Gasteiger partial charge in [-0.15, -0.1) is 0 Å². The second-order valence-corrected chi connectivity index (χ2v) is 6.49. The molecule has 0 unspecified atom stereocenters. The Kier molecular flexibility index (Phi) is 4.61. The highest BCUT2D eigenvalue weighted by Crippen LogP contribution is 2.20. The van der Waals surface area contributed by atoms with E-state index in [-0.39, 0.29) is 17.8 Å². The van der Waals surface area contributed by atoms with E-state index in [1.807, 2.05) is 0 Å². The Labute approximate surface area is 135 Å². The van der Waals surface area contributed by atoms with Crippen molar-refractivity contribution in [3.8, 4) is 0 Å². The van der Waals surface area contributed by atoms with E-state index in [0.717, 1.165) is 19.5 Å². The van der Waals surface area contributed by atoms with Crippen molar-refractivity contribution in [2.45, 2.75) is 31.9 Å². The van der Waals surface area contributed by atoms with E-state index in [4.69, 9.17) is 4.84 Å². The molecular formula is C17H22FN3O2. The summed E-state index contributed by atoms with van der Waals surface area (Å²) in [5.74, 6) is -0.0532. The summed E-state index contributed by atoms with van der Waals surface area (Å²) in [5.41, 5.74) is 1.27. The molecule has 1 N–H and O–H groups in total. The minimum atomic E-state index is -0.625. The Bertz CT molecular complexity index is 620. The largest absolute Gasteiger partial charge is 0.382 e. The molecular weight excluding hydrogens is 297 g/mol. The van der Waals surface area contributed by atoms with Gasteiger partial charge in [-0.3, -0.25) is 4.79 Å². The van der Waals surface area contributed by atoms with Crippen molar-refractivity contribution >= 4 is 11.6 Å². The fraction of sp³-hybridized carbons (Fsp3) is 0.529. The zero-order valence-corrected chi connectivity index (χ0v) is 13.5. The molecule has 0 aromatic heterocycles. The Morgan fingerprint density at radius 3 is 3.04 bits per heavy atom. The van der Waals surface area contributed by atoms with E-state index in [2.05, 4.69) is 29.3 Å². The molecule has 1 amide bonds. The first kappa shape index (κ1) is 15.9. The van der Waals surface area contributed by atoms with E-state index in [0.29, 0.717) is 23.6 Å². The van der Waals surface area contributed by atoms with Crippen molar-refractivity contribution in [3.05, 3.63) is 35.6 Å². The van der Waals surface area contributed by atoms with Gasteiger partial charge in [0.15, 0.2) is 0 Å². The van der Waals surface area contributed by atoms with Crippen LogP contribution in [-0.4, -0.2) is 48.8 Å². The van der Waals surface area contributed by atoms with Gasteiger partial charge >= 0.3 is 0 Å². The second kappa shape index (κ2) is 6.66. The number of benzene rings is 1. The topological polar surface area (TPSA) is 53.9 Å². The van der Waals surface area contributed by atoms with Crippen LogP contribution in [0.5, 0.6) is 0 Å². The van der Waals surface area contributed by atoms with Crippen LogP contribution in [0.3, 0.4) is 0 Å². The number of hydrogen-bond donors (Lipinski definition) is 1. The van der Waals surface area contributed by atoms with Crippen molar-refractivity contribution in [2.75, 3.05) is 20.1 Å². The van der Waals surface area contributed by atoms with Gasteiger partial charge in [-0.25, -0.2) is 4.39 Å². The highest BCUT2D eigenvalue weighted by molar-refractivity contribution is 6.04. The Morgan fingerprint density at radius 1 is 1.48 bits per heavy atom. The highest BCUT2D eigenvalue weighted by atomic mass is 19.1.